The lowest BCUT2D eigenvalue weighted by atomic mass is 9.73. The summed E-state index contributed by atoms with van der Waals surface area (Å²) in [5, 5.41) is 9.90. The molecular formula is C22H23N3O3. The summed E-state index contributed by atoms with van der Waals surface area (Å²) in [7, 11) is 0. The zero-order valence-corrected chi connectivity index (χ0v) is 15.6. The third-order valence-electron chi connectivity index (χ3n) is 6.28. The highest BCUT2D eigenvalue weighted by Gasteiger charge is 2.55. The minimum atomic E-state index is -0.208. The van der Waals surface area contributed by atoms with E-state index in [1.807, 2.05) is 18.3 Å². The van der Waals surface area contributed by atoms with Gasteiger partial charge in [-0.3, -0.25) is 14.6 Å². The van der Waals surface area contributed by atoms with Crippen molar-refractivity contribution in [1.82, 2.24) is 14.8 Å². The van der Waals surface area contributed by atoms with Crippen LogP contribution < -0.4 is 0 Å². The van der Waals surface area contributed by atoms with E-state index in [0.717, 1.165) is 29.5 Å². The Balaban J connectivity index is 1.39. The van der Waals surface area contributed by atoms with Gasteiger partial charge in [-0.25, -0.2) is 0 Å². The fraction of sp³-hybridized carbons (Fsp3) is 0.409. The molecule has 0 bridgehead atoms. The first-order chi connectivity index (χ1) is 13.7. The highest BCUT2D eigenvalue weighted by atomic mass is 16.3. The zero-order chi connectivity index (χ0) is 19.3. The highest BCUT2D eigenvalue weighted by molar-refractivity contribution is 5.89. The second kappa shape index (κ2) is 6.71. The zero-order valence-electron chi connectivity index (χ0n) is 15.6. The number of nitrogens with zero attached hydrogens (tertiary/aromatic N) is 3. The maximum Gasteiger partial charge on any atom is 0.242 e. The Kier molecular flexibility index (Phi) is 4.16. The number of amides is 2. The molecule has 0 unspecified atom stereocenters. The molecule has 2 amide bonds. The predicted molar refractivity (Wildman–Crippen MR) is 103 cm³/mol. The number of carbonyl (C=O) groups excluding carboxylic acids is 2. The fourth-order valence-electron chi connectivity index (χ4n) is 4.69. The van der Waals surface area contributed by atoms with Gasteiger partial charge >= 0.3 is 0 Å². The van der Waals surface area contributed by atoms with Crippen molar-refractivity contribution in [3.8, 4) is 11.1 Å². The lowest BCUT2D eigenvalue weighted by molar-refractivity contribution is -0.167. The second-order valence-electron chi connectivity index (χ2n) is 8.00. The number of hydrogen-bond acceptors (Lipinski definition) is 4. The van der Waals surface area contributed by atoms with Crippen molar-refractivity contribution < 1.29 is 14.7 Å². The molecule has 3 aliphatic rings. The van der Waals surface area contributed by atoms with Crippen LogP contribution in [0.4, 0.5) is 0 Å². The van der Waals surface area contributed by atoms with E-state index in [0.29, 0.717) is 6.54 Å². The van der Waals surface area contributed by atoms with Gasteiger partial charge in [0.1, 0.15) is 0 Å². The van der Waals surface area contributed by atoms with Gasteiger partial charge in [0.15, 0.2) is 0 Å². The average molecular weight is 377 g/mol. The van der Waals surface area contributed by atoms with Gasteiger partial charge in [0.05, 0.1) is 25.2 Å². The van der Waals surface area contributed by atoms with Gasteiger partial charge in [-0.15, -0.1) is 0 Å². The van der Waals surface area contributed by atoms with Gasteiger partial charge < -0.3 is 14.9 Å². The molecule has 28 heavy (non-hydrogen) atoms. The summed E-state index contributed by atoms with van der Waals surface area (Å²) in [6.45, 7) is 0.648. The van der Waals surface area contributed by atoms with Gasteiger partial charge in [0.2, 0.25) is 11.8 Å². The van der Waals surface area contributed by atoms with Crippen LogP contribution in [-0.4, -0.2) is 63.5 Å². The Bertz CT molecular complexity index is 895. The molecular weight excluding hydrogens is 354 g/mol. The Morgan fingerprint density at radius 1 is 1.14 bits per heavy atom. The Hall–Kier alpha value is -2.73. The second-order valence-corrected chi connectivity index (χ2v) is 8.00. The molecule has 2 aliphatic heterocycles. The first-order valence-electron chi connectivity index (χ1n) is 9.88. The van der Waals surface area contributed by atoms with E-state index in [4.69, 9.17) is 0 Å². The minimum absolute atomic E-state index is 0.0479. The standard InChI is InChI=1S/C22H23N3O3/c26-13-19-21(15-5-3-14(4-6-15)17-2-1-9-23-10-17)18-11-24(12-20(27)25(18)19)22(28)16-7-8-16/h1-6,9-10,16,18-19,21,26H,7-8,11-13H2/t18-,19-,21+/m1/s1. The van der Waals surface area contributed by atoms with Crippen LogP contribution in [0.5, 0.6) is 0 Å². The molecule has 2 aromatic rings. The van der Waals surface area contributed by atoms with E-state index in [9.17, 15) is 14.7 Å². The van der Waals surface area contributed by atoms with Crippen molar-refractivity contribution in [1.29, 1.82) is 0 Å². The summed E-state index contributed by atoms with van der Waals surface area (Å²) in [5.74, 6) is 0.232. The first-order valence-corrected chi connectivity index (χ1v) is 9.88. The number of fused-ring (bicyclic) bond motifs is 1. The van der Waals surface area contributed by atoms with Crippen LogP contribution in [0.2, 0.25) is 0 Å². The Labute approximate surface area is 163 Å². The first kappa shape index (κ1) is 17.4. The molecule has 5 rings (SSSR count). The van der Waals surface area contributed by atoms with Crippen LogP contribution >= 0.6 is 0 Å². The van der Waals surface area contributed by atoms with Gasteiger partial charge in [-0.05, 0) is 35.6 Å². The number of benzene rings is 1. The van der Waals surface area contributed by atoms with Crippen LogP contribution in [-0.2, 0) is 9.59 Å². The van der Waals surface area contributed by atoms with Crippen molar-refractivity contribution in [2.45, 2.75) is 30.8 Å². The van der Waals surface area contributed by atoms with E-state index in [1.165, 1.54) is 0 Å². The maximum absolute atomic E-state index is 12.6. The summed E-state index contributed by atoms with van der Waals surface area (Å²) in [6, 6.07) is 11.9. The van der Waals surface area contributed by atoms with Gasteiger partial charge in [0.25, 0.3) is 0 Å². The van der Waals surface area contributed by atoms with E-state index < -0.39 is 0 Å². The monoisotopic (exact) mass is 377 g/mol. The number of hydrogen-bond donors (Lipinski definition) is 1. The lowest BCUT2D eigenvalue weighted by Crippen LogP contribution is -2.73. The average Bonchev–Trinajstić information content (AvgIpc) is 3.55. The molecule has 1 aromatic carbocycles. The van der Waals surface area contributed by atoms with Crippen molar-refractivity contribution in [3.63, 3.8) is 0 Å². The SMILES string of the molecule is O=C(C1CC1)N1CC(=O)N2[C@H](CO)[C@@H](c3ccc(-c4cccnc4)cc3)[C@H]2C1. The third-order valence-corrected chi connectivity index (χ3v) is 6.28. The molecule has 1 aliphatic carbocycles. The fourth-order valence-corrected chi connectivity index (χ4v) is 4.69. The number of aliphatic hydroxyl groups is 1. The molecule has 1 N–H and O–H groups in total. The molecule has 2 saturated heterocycles. The highest BCUT2D eigenvalue weighted by Crippen LogP contribution is 2.44. The number of carbonyl (C=O) groups is 2. The van der Waals surface area contributed by atoms with Crippen LogP contribution in [0.25, 0.3) is 11.1 Å². The topological polar surface area (TPSA) is 73.7 Å². The largest absolute Gasteiger partial charge is 0.394 e. The lowest BCUT2D eigenvalue weighted by Gasteiger charge is -2.58. The number of pyridine rings is 1. The molecule has 1 aromatic heterocycles. The van der Waals surface area contributed by atoms with Crippen LogP contribution in [0.15, 0.2) is 48.8 Å². The van der Waals surface area contributed by atoms with E-state index in [1.54, 1.807) is 16.0 Å². The Morgan fingerprint density at radius 2 is 1.93 bits per heavy atom. The number of aromatic nitrogens is 1. The van der Waals surface area contributed by atoms with Crippen molar-refractivity contribution in [2.24, 2.45) is 5.92 Å². The summed E-state index contributed by atoms with van der Waals surface area (Å²) in [6.07, 6.45) is 5.46. The number of aliphatic hydroxyl groups excluding tert-OH is 1. The molecule has 1 saturated carbocycles. The molecule has 3 atom stereocenters. The summed E-state index contributed by atoms with van der Waals surface area (Å²) in [4.78, 5) is 32.8. The minimum Gasteiger partial charge on any atom is -0.394 e. The summed E-state index contributed by atoms with van der Waals surface area (Å²) in [5.41, 5.74) is 3.23. The molecule has 0 spiro atoms. The quantitative estimate of drug-likeness (QED) is 0.879. The van der Waals surface area contributed by atoms with E-state index in [2.05, 4.69) is 29.2 Å². The van der Waals surface area contributed by atoms with Crippen molar-refractivity contribution in [2.75, 3.05) is 19.7 Å². The van der Waals surface area contributed by atoms with Gasteiger partial charge in [-0.1, -0.05) is 30.3 Å². The van der Waals surface area contributed by atoms with E-state index >= 15 is 0 Å². The normalized spacial score (nSPS) is 26.6. The summed E-state index contributed by atoms with van der Waals surface area (Å²) >= 11 is 0. The Morgan fingerprint density at radius 3 is 2.57 bits per heavy atom. The smallest absolute Gasteiger partial charge is 0.242 e. The molecule has 6 heteroatoms. The van der Waals surface area contributed by atoms with Gasteiger partial charge in [0, 0.05) is 30.8 Å². The molecule has 6 nitrogen and oxygen atoms in total. The van der Waals surface area contributed by atoms with Crippen LogP contribution in [0.3, 0.4) is 0 Å². The van der Waals surface area contributed by atoms with Gasteiger partial charge in [-0.2, -0.15) is 0 Å². The van der Waals surface area contributed by atoms with Crippen LogP contribution in [0, 0.1) is 5.92 Å². The number of rotatable bonds is 4. The molecule has 144 valence electrons. The van der Waals surface area contributed by atoms with Crippen molar-refractivity contribution >= 4 is 11.8 Å². The predicted octanol–water partition coefficient (Wildman–Crippen LogP) is 1.66. The number of piperazine rings is 1. The molecule has 3 fully saturated rings. The maximum atomic E-state index is 12.6. The van der Waals surface area contributed by atoms with Crippen molar-refractivity contribution in [3.05, 3.63) is 54.4 Å². The third kappa shape index (κ3) is 2.79. The van der Waals surface area contributed by atoms with Crippen LogP contribution in [0.1, 0.15) is 24.3 Å². The molecule has 0 radical (unpaired) electrons. The molecule has 3 heterocycles. The van der Waals surface area contributed by atoms with E-state index in [-0.39, 0.29) is 48.9 Å². The summed E-state index contributed by atoms with van der Waals surface area (Å²) < 4.78 is 0.